The fourth-order valence-corrected chi connectivity index (χ4v) is 6.13. The molecule has 212 valence electrons. The second-order valence-corrected chi connectivity index (χ2v) is 10.9. The number of hydrogen-bond acceptors (Lipinski definition) is 6. The van der Waals surface area contributed by atoms with E-state index in [1.54, 1.807) is 4.90 Å². The third-order valence-electron chi connectivity index (χ3n) is 8.26. The van der Waals surface area contributed by atoms with Gasteiger partial charge in [-0.3, -0.25) is 14.5 Å². The summed E-state index contributed by atoms with van der Waals surface area (Å²) in [5.41, 5.74) is 2.58. The van der Waals surface area contributed by atoms with Gasteiger partial charge in [0.15, 0.2) is 5.43 Å². The topological polar surface area (TPSA) is 72.2 Å². The minimum absolute atomic E-state index is 0.135. The molecular formula is C35H32N2O5. The van der Waals surface area contributed by atoms with Crippen LogP contribution in [0.2, 0.25) is 0 Å². The van der Waals surface area contributed by atoms with Crippen molar-refractivity contribution in [3.63, 3.8) is 0 Å². The van der Waals surface area contributed by atoms with Gasteiger partial charge in [0.1, 0.15) is 17.9 Å². The lowest BCUT2D eigenvalue weighted by molar-refractivity contribution is 0.0353. The van der Waals surface area contributed by atoms with Crippen LogP contribution >= 0.6 is 0 Å². The van der Waals surface area contributed by atoms with Gasteiger partial charge < -0.3 is 18.8 Å². The van der Waals surface area contributed by atoms with Crippen LogP contribution in [0.5, 0.6) is 5.75 Å². The molecule has 0 saturated carbocycles. The van der Waals surface area contributed by atoms with Crippen molar-refractivity contribution in [2.45, 2.75) is 19.1 Å². The molecule has 1 atom stereocenters. The summed E-state index contributed by atoms with van der Waals surface area (Å²) in [7, 11) is 0. The molecule has 42 heavy (non-hydrogen) atoms. The van der Waals surface area contributed by atoms with Gasteiger partial charge in [0.2, 0.25) is 5.76 Å². The maximum atomic E-state index is 14.2. The van der Waals surface area contributed by atoms with Crippen LogP contribution in [0.4, 0.5) is 0 Å². The van der Waals surface area contributed by atoms with E-state index >= 15 is 0 Å². The molecule has 5 aromatic rings. The molecule has 1 fully saturated rings. The molecule has 3 heterocycles. The minimum atomic E-state index is -0.565. The maximum absolute atomic E-state index is 14.2. The zero-order chi connectivity index (χ0) is 28.5. The fourth-order valence-electron chi connectivity index (χ4n) is 6.13. The van der Waals surface area contributed by atoms with Crippen LogP contribution in [0.3, 0.4) is 0 Å². The number of benzene rings is 4. The molecule has 7 nitrogen and oxygen atoms in total. The van der Waals surface area contributed by atoms with E-state index < -0.39 is 6.04 Å². The Balaban J connectivity index is 1.27. The number of ether oxygens (including phenoxy) is 2. The normalized spacial score (nSPS) is 17.2. The quantitative estimate of drug-likeness (QED) is 0.224. The lowest BCUT2D eigenvalue weighted by Crippen LogP contribution is -2.38. The third-order valence-corrected chi connectivity index (χ3v) is 8.26. The van der Waals surface area contributed by atoms with Crippen LogP contribution in [-0.4, -0.2) is 55.1 Å². The first-order valence-corrected chi connectivity index (χ1v) is 14.5. The number of nitrogens with zero attached hydrogens (tertiary/aromatic N) is 2. The van der Waals surface area contributed by atoms with Crippen molar-refractivity contribution >= 4 is 27.6 Å². The number of hydrogen-bond donors (Lipinski definition) is 0. The molecule has 1 aromatic heterocycles. The highest BCUT2D eigenvalue weighted by Gasteiger charge is 2.42. The summed E-state index contributed by atoms with van der Waals surface area (Å²) in [5, 5.41) is 2.26. The van der Waals surface area contributed by atoms with Gasteiger partial charge in [-0.05, 0) is 41.1 Å². The van der Waals surface area contributed by atoms with E-state index in [4.69, 9.17) is 13.9 Å². The van der Waals surface area contributed by atoms with Crippen LogP contribution < -0.4 is 10.2 Å². The summed E-state index contributed by atoms with van der Waals surface area (Å²) in [4.78, 5) is 32.3. The Morgan fingerprint density at radius 1 is 0.810 bits per heavy atom. The van der Waals surface area contributed by atoms with E-state index in [0.29, 0.717) is 35.4 Å². The van der Waals surface area contributed by atoms with Crippen molar-refractivity contribution < 1.29 is 18.7 Å². The molecule has 0 N–H and O–H groups in total. The van der Waals surface area contributed by atoms with E-state index in [2.05, 4.69) is 4.90 Å². The van der Waals surface area contributed by atoms with Crippen molar-refractivity contribution in [1.82, 2.24) is 9.80 Å². The fraction of sp³-hybridized carbons (Fsp3) is 0.257. The van der Waals surface area contributed by atoms with E-state index in [1.165, 1.54) is 0 Å². The number of rotatable bonds is 8. The van der Waals surface area contributed by atoms with Crippen molar-refractivity contribution in [2.75, 3.05) is 39.4 Å². The third kappa shape index (κ3) is 4.95. The van der Waals surface area contributed by atoms with Gasteiger partial charge in [-0.1, -0.05) is 72.8 Å². The van der Waals surface area contributed by atoms with Crippen molar-refractivity contribution in [1.29, 1.82) is 0 Å². The average molecular weight is 561 g/mol. The van der Waals surface area contributed by atoms with Crippen LogP contribution in [-0.2, 0) is 11.3 Å². The molecule has 0 aliphatic carbocycles. The molecule has 1 unspecified atom stereocenters. The Morgan fingerprint density at radius 3 is 2.48 bits per heavy atom. The summed E-state index contributed by atoms with van der Waals surface area (Å²) in [6, 6.07) is 28.7. The van der Waals surface area contributed by atoms with Crippen LogP contribution in [0, 0.1) is 0 Å². The second-order valence-electron chi connectivity index (χ2n) is 10.9. The summed E-state index contributed by atoms with van der Waals surface area (Å²) < 4.78 is 18.0. The van der Waals surface area contributed by atoms with Crippen LogP contribution in [0.25, 0.3) is 21.7 Å². The summed E-state index contributed by atoms with van der Waals surface area (Å²) >= 11 is 0. The van der Waals surface area contributed by atoms with Gasteiger partial charge in [-0.25, -0.2) is 0 Å². The summed E-state index contributed by atoms with van der Waals surface area (Å²) in [6.07, 6.45) is 0.775. The molecule has 7 rings (SSSR count). The monoisotopic (exact) mass is 560 g/mol. The standard InChI is InChI=1S/C35H32N2O5/c38-32-29-15-14-25-10-4-5-13-28(25)33(29)42-34-30(32)31(37(35(34)39)17-7-16-36-18-20-40-21-19-36)26-11-6-12-27(22-26)41-23-24-8-2-1-3-9-24/h1-6,8-15,22,31H,7,16-21,23H2. The van der Waals surface area contributed by atoms with Gasteiger partial charge in [0.25, 0.3) is 5.91 Å². The SMILES string of the molecule is O=C1c2oc3c(ccc4ccccc43)c(=O)c2C(c2cccc(OCc3ccccc3)c2)N1CCCN1CCOCC1. The van der Waals surface area contributed by atoms with Crippen molar-refractivity contribution in [3.05, 3.63) is 124 Å². The smallest absolute Gasteiger partial charge is 0.290 e. The number of morpholine rings is 1. The first kappa shape index (κ1) is 26.4. The van der Waals surface area contributed by atoms with Gasteiger partial charge in [-0.15, -0.1) is 0 Å². The number of carbonyl (C=O) groups excluding carboxylic acids is 1. The summed E-state index contributed by atoms with van der Waals surface area (Å²) in [6.45, 7) is 5.00. The largest absolute Gasteiger partial charge is 0.489 e. The maximum Gasteiger partial charge on any atom is 0.290 e. The van der Waals surface area contributed by atoms with E-state index in [9.17, 15) is 9.59 Å². The molecule has 0 bridgehead atoms. The first-order chi connectivity index (χ1) is 20.7. The molecule has 2 aliphatic rings. The molecule has 0 spiro atoms. The lowest BCUT2D eigenvalue weighted by atomic mass is 9.97. The second kappa shape index (κ2) is 11.4. The highest BCUT2D eigenvalue weighted by molar-refractivity contribution is 6.06. The number of carbonyl (C=O) groups is 1. The summed E-state index contributed by atoms with van der Waals surface area (Å²) in [5.74, 6) is 0.567. The molecule has 2 aliphatic heterocycles. The zero-order valence-corrected chi connectivity index (χ0v) is 23.3. The van der Waals surface area contributed by atoms with E-state index in [-0.39, 0.29) is 17.1 Å². The lowest BCUT2D eigenvalue weighted by Gasteiger charge is -2.29. The predicted octanol–water partition coefficient (Wildman–Crippen LogP) is 5.79. The highest BCUT2D eigenvalue weighted by atomic mass is 16.5. The molecule has 4 aromatic carbocycles. The molecule has 1 amide bonds. The van der Waals surface area contributed by atoms with Crippen molar-refractivity contribution in [2.24, 2.45) is 0 Å². The van der Waals surface area contributed by atoms with E-state index in [1.807, 2.05) is 91.0 Å². The molecular weight excluding hydrogens is 528 g/mol. The van der Waals surface area contributed by atoms with Crippen LogP contribution in [0.1, 0.15) is 39.7 Å². The number of fused-ring (bicyclic) bond motifs is 4. The Labute approximate surface area is 243 Å². The predicted molar refractivity (Wildman–Crippen MR) is 162 cm³/mol. The van der Waals surface area contributed by atoms with Gasteiger partial charge in [0.05, 0.1) is 30.2 Å². The molecule has 0 radical (unpaired) electrons. The Bertz CT molecular complexity index is 1810. The Morgan fingerprint density at radius 2 is 1.62 bits per heavy atom. The molecule has 7 heteroatoms. The number of amides is 1. The van der Waals surface area contributed by atoms with E-state index in [0.717, 1.165) is 61.2 Å². The first-order valence-electron chi connectivity index (χ1n) is 14.5. The van der Waals surface area contributed by atoms with Crippen molar-refractivity contribution in [3.8, 4) is 5.75 Å². The van der Waals surface area contributed by atoms with Gasteiger partial charge >= 0.3 is 0 Å². The van der Waals surface area contributed by atoms with Gasteiger partial charge in [-0.2, -0.15) is 0 Å². The molecule has 1 saturated heterocycles. The minimum Gasteiger partial charge on any atom is -0.489 e. The highest BCUT2D eigenvalue weighted by Crippen LogP contribution is 2.40. The van der Waals surface area contributed by atoms with Gasteiger partial charge in [0, 0.05) is 31.6 Å². The Kier molecular flexibility index (Phi) is 7.20. The Hall–Kier alpha value is -4.46. The average Bonchev–Trinajstić information content (AvgIpc) is 3.32. The van der Waals surface area contributed by atoms with Crippen LogP contribution in [0.15, 0.2) is 100 Å². The zero-order valence-electron chi connectivity index (χ0n) is 23.3.